The molecule has 0 radical (unpaired) electrons. The van der Waals surface area contributed by atoms with Crippen LogP contribution >= 0.6 is 0 Å². The van der Waals surface area contributed by atoms with Crippen molar-refractivity contribution in [1.82, 2.24) is 30.4 Å². The van der Waals surface area contributed by atoms with Gasteiger partial charge >= 0.3 is 0 Å². The van der Waals surface area contributed by atoms with Crippen molar-refractivity contribution < 1.29 is 14.0 Å². The Kier molecular flexibility index (Phi) is 8.76. The van der Waals surface area contributed by atoms with Crippen LogP contribution in [0.5, 0.6) is 0 Å². The Morgan fingerprint density at radius 2 is 1.76 bits per heavy atom. The molecular formula is C28H38FN7O2. The van der Waals surface area contributed by atoms with E-state index in [0.717, 1.165) is 52.1 Å². The van der Waals surface area contributed by atoms with Crippen molar-refractivity contribution in [3.63, 3.8) is 0 Å². The Morgan fingerprint density at radius 3 is 2.50 bits per heavy atom. The van der Waals surface area contributed by atoms with Gasteiger partial charge in [-0.15, -0.1) is 0 Å². The molecule has 3 aromatic rings. The molecule has 2 amide bonds. The summed E-state index contributed by atoms with van der Waals surface area (Å²) in [5.41, 5.74) is 5.72. The molecule has 1 aromatic heterocycles. The number of benzene rings is 2. The Bertz CT molecular complexity index is 1320. The SMILES string of the molecule is CCNCCN(C(=O)CNCC(=O)N(C)N1Cc2ccc(F)cc2C1)c1cc2c(cc1C)c(C)nn2CC. The maximum Gasteiger partial charge on any atom is 0.250 e. The number of aromatic nitrogens is 2. The van der Waals surface area contributed by atoms with Gasteiger partial charge in [-0.1, -0.05) is 13.0 Å². The highest BCUT2D eigenvalue weighted by molar-refractivity contribution is 5.98. The molecule has 0 spiro atoms. The minimum atomic E-state index is -0.276. The minimum Gasteiger partial charge on any atom is -0.315 e. The lowest BCUT2D eigenvalue weighted by Crippen LogP contribution is -2.47. The maximum absolute atomic E-state index is 13.6. The first-order valence-corrected chi connectivity index (χ1v) is 13.2. The molecule has 0 unspecified atom stereocenters. The van der Waals surface area contributed by atoms with Crippen LogP contribution in [-0.4, -0.2) is 71.4 Å². The largest absolute Gasteiger partial charge is 0.315 e. The zero-order valence-corrected chi connectivity index (χ0v) is 23.0. The Labute approximate surface area is 223 Å². The lowest BCUT2D eigenvalue weighted by atomic mass is 10.1. The average molecular weight is 524 g/mol. The second-order valence-corrected chi connectivity index (χ2v) is 9.71. The summed E-state index contributed by atoms with van der Waals surface area (Å²) in [5.74, 6) is -0.545. The highest BCUT2D eigenvalue weighted by Crippen LogP contribution is 2.29. The number of aryl methyl sites for hydroxylation is 3. The molecule has 0 fully saturated rings. The summed E-state index contributed by atoms with van der Waals surface area (Å²) in [6, 6.07) is 8.86. The van der Waals surface area contributed by atoms with Crippen LogP contribution in [0.2, 0.25) is 0 Å². The summed E-state index contributed by atoms with van der Waals surface area (Å²) in [4.78, 5) is 28.1. The van der Waals surface area contributed by atoms with E-state index in [1.165, 1.54) is 12.1 Å². The van der Waals surface area contributed by atoms with Gasteiger partial charge in [0.2, 0.25) is 5.91 Å². The molecule has 2 heterocycles. The first-order chi connectivity index (χ1) is 18.2. The number of hydrogen-bond donors (Lipinski definition) is 2. The summed E-state index contributed by atoms with van der Waals surface area (Å²) in [6.45, 7) is 11.9. The molecule has 1 aliphatic rings. The van der Waals surface area contributed by atoms with E-state index in [9.17, 15) is 14.0 Å². The van der Waals surface area contributed by atoms with Crippen LogP contribution in [0.3, 0.4) is 0 Å². The van der Waals surface area contributed by atoms with Gasteiger partial charge in [0.15, 0.2) is 0 Å². The molecule has 204 valence electrons. The number of nitrogens with one attached hydrogen (secondary N) is 2. The molecular weight excluding hydrogens is 485 g/mol. The third kappa shape index (κ3) is 5.87. The second-order valence-electron chi connectivity index (χ2n) is 9.71. The van der Waals surface area contributed by atoms with E-state index in [1.54, 1.807) is 23.0 Å². The average Bonchev–Trinajstić information content (AvgIpc) is 3.45. The fourth-order valence-electron chi connectivity index (χ4n) is 4.96. The van der Waals surface area contributed by atoms with E-state index in [4.69, 9.17) is 0 Å². The van der Waals surface area contributed by atoms with E-state index in [2.05, 4.69) is 28.7 Å². The fourth-order valence-corrected chi connectivity index (χ4v) is 4.96. The lowest BCUT2D eigenvalue weighted by molar-refractivity contribution is -0.145. The number of halogens is 1. The zero-order chi connectivity index (χ0) is 27.4. The topological polar surface area (TPSA) is 85.7 Å². The van der Waals surface area contributed by atoms with Gasteiger partial charge in [0.1, 0.15) is 5.82 Å². The zero-order valence-electron chi connectivity index (χ0n) is 23.0. The van der Waals surface area contributed by atoms with Crippen molar-refractivity contribution in [2.45, 2.75) is 47.3 Å². The number of nitrogens with zero attached hydrogens (tertiary/aromatic N) is 5. The second kappa shape index (κ2) is 12.0. The highest BCUT2D eigenvalue weighted by Gasteiger charge is 2.26. The minimum absolute atomic E-state index is 0.0182. The van der Waals surface area contributed by atoms with Crippen molar-refractivity contribution in [1.29, 1.82) is 0 Å². The number of fused-ring (bicyclic) bond motifs is 2. The van der Waals surface area contributed by atoms with Crippen molar-refractivity contribution in [2.24, 2.45) is 0 Å². The summed E-state index contributed by atoms with van der Waals surface area (Å²) in [6.07, 6.45) is 0. The van der Waals surface area contributed by atoms with Gasteiger partial charge in [-0.25, -0.2) is 9.40 Å². The summed E-state index contributed by atoms with van der Waals surface area (Å²) >= 11 is 0. The molecule has 2 N–H and O–H groups in total. The molecule has 1 aliphatic heterocycles. The number of hydrazine groups is 1. The van der Waals surface area contributed by atoms with Crippen LogP contribution in [0, 0.1) is 19.7 Å². The van der Waals surface area contributed by atoms with E-state index >= 15 is 0 Å². The van der Waals surface area contributed by atoms with Gasteiger partial charge in [0, 0.05) is 50.8 Å². The van der Waals surface area contributed by atoms with Gasteiger partial charge in [0.25, 0.3) is 5.91 Å². The van der Waals surface area contributed by atoms with Gasteiger partial charge < -0.3 is 10.2 Å². The number of carbonyl (C=O) groups excluding carboxylic acids is 2. The van der Waals surface area contributed by atoms with Crippen LogP contribution in [0.4, 0.5) is 10.1 Å². The summed E-state index contributed by atoms with van der Waals surface area (Å²) in [7, 11) is 1.70. The first kappa shape index (κ1) is 27.7. The van der Waals surface area contributed by atoms with Crippen LogP contribution < -0.4 is 15.5 Å². The number of likely N-dealkylation sites (N-methyl/N-ethyl adjacent to an activating group) is 2. The highest BCUT2D eigenvalue weighted by atomic mass is 19.1. The van der Waals surface area contributed by atoms with Gasteiger partial charge in [-0.2, -0.15) is 5.10 Å². The van der Waals surface area contributed by atoms with Crippen LogP contribution in [0.25, 0.3) is 10.9 Å². The molecule has 2 aromatic carbocycles. The van der Waals surface area contributed by atoms with Gasteiger partial charge in [-0.05, 0) is 68.3 Å². The van der Waals surface area contributed by atoms with Crippen LogP contribution in [0.1, 0.15) is 36.2 Å². The summed E-state index contributed by atoms with van der Waals surface area (Å²) < 4.78 is 15.5. The molecule has 0 aliphatic carbocycles. The molecule has 10 heteroatoms. The lowest BCUT2D eigenvalue weighted by Gasteiger charge is -2.28. The monoisotopic (exact) mass is 523 g/mol. The Balaban J connectivity index is 1.41. The van der Waals surface area contributed by atoms with Crippen molar-refractivity contribution >= 4 is 28.4 Å². The third-order valence-corrected chi connectivity index (χ3v) is 7.12. The van der Waals surface area contributed by atoms with Crippen molar-refractivity contribution in [3.05, 3.63) is 58.5 Å². The van der Waals surface area contributed by atoms with E-state index in [-0.39, 0.29) is 30.7 Å². The molecule has 0 bridgehead atoms. The molecule has 0 saturated carbocycles. The summed E-state index contributed by atoms with van der Waals surface area (Å²) in [5, 5.41) is 15.5. The first-order valence-electron chi connectivity index (χ1n) is 13.2. The molecule has 0 saturated heterocycles. The molecule has 9 nitrogen and oxygen atoms in total. The number of hydrogen-bond acceptors (Lipinski definition) is 6. The van der Waals surface area contributed by atoms with Gasteiger partial charge in [-0.3, -0.25) is 24.6 Å². The molecule has 4 rings (SSSR count). The molecule has 38 heavy (non-hydrogen) atoms. The number of anilines is 1. The van der Waals surface area contributed by atoms with Crippen LogP contribution in [0.15, 0.2) is 30.3 Å². The quantitative estimate of drug-likeness (QED) is 0.376. The number of amides is 2. The van der Waals surface area contributed by atoms with E-state index < -0.39 is 0 Å². The van der Waals surface area contributed by atoms with Crippen LogP contribution in [-0.2, 0) is 29.2 Å². The van der Waals surface area contributed by atoms with Crippen molar-refractivity contribution in [3.8, 4) is 0 Å². The standard InChI is InChI=1S/C28H38FN7O2/c1-6-30-10-11-35(25-14-26-24(12-19(25)3)20(4)32-36(26)7-2)28(38)16-31-15-27(37)33(5)34-17-21-8-9-23(29)13-22(21)18-34/h8-9,12-14,30-31H,6-7,10-11,15-18H2,1-5H3. The normalized spacial score (nSPS) is 13.2. The Morgan fingerprint density at radius 1 is 1.03 bits per heavy atom. The number of rotatable bonds is 11. The predicted octanol–water partition coefficient (Wildman–Crippen LogP) is 2.73. The van der Waals surface area contributed by atoms with E-state index in [0.29, 0.717) is 26.2 Å². The predicted molar refractivity (Wildman–Crippen MR) is 147 cm³/mol. The number of carbonyl (C=O) groups is 2. The molecule has 0 atom stereocenters. The van der Waals surface area contributed by atoms with E-state index in [1.807, 2.05) is 36.5 Å². The fraction of sp³-hybridized carbons (Fsp3) is 0.464. The third-order valence-electron chi connectivity index (χ3n) is 7.12. The maximum atomic E-state index is 13.6. The van der Waals surface area contributed by atoms with Crippen molar-refractivity contribution in [2.75, 3.05) is 44.7 Å². The Hall–Kier alpha value is -3.34. The van der Waals surface area contributed by atoms with Gasteiger partial charge in [0.05, 0.1) is 24.3 Å². The smallest absolute Gasteiger partial charge is 0.250 e.